The Morgan fingerprint density at radius 3 is 3.00 bits per heavy atom. The Kier molecular flexibility index (Phi) is 6.23. The van der Waals surface area contributed by atoms with Crippen LogP contribution in [0, 0.1) is 5.82 Å². The van der Waals surface area contributed by atoms with E-state index in [1.807, 2.05) is 13.1 Å². The fourth-order valence-electron chi connectivity index (χ4n) is 4.69. The highest BCUT2D eigenvalue weighted by Gasteiger charge is 2.20. The van der Waals surface area contributed by atoms with Crippen LogP contribution >= 0.6 is 0 Å². The lowest BCUT2D eigenvalue weighted by atomic mass is 10.1. The minimum Gasteiger partial charge on any atom is -0.353 e. The van der Waals surface area contributed by atoms with Crippen LogP contribution in [0.25, 0.3) is 27.7 Å². The van der Waals surface area contributed by atoms with E-state index in [9.17, 15) is 4.79 Å². The maximum atomic E-state index is 15.1. The van der Waals surface area contributed by atoms with E-state index < -0.39 is 11.9 Å². The second-order valence-corrected chi connectivity index (χ2v) is 9.13. The SMILES string of the molecule is CC(c1nnc2c(F)cc(-c3cnn(CCOC4CCCCO4)c3)cn12)n1ccc2ncccc2c1=O. The molecule has 0 amide bonds. The molecule has 0 aliphatic carbocycles. The molecule has 11 heteroatoms. The summed E-state index contributed by atoms with van der Waals surface area (Å²) in [6.45, 7) is 3.60. The summed E-state index contributed by atoms with van der Waals surface area (Å²) >= 11 is 0. The van der Waals surface area contributed by atoms with Crippen LogP contribution in [0.5, 0.6) is 0 Å². The highest BCUT2D eigenvalue weighted by molar-refractivity contribution is 5.76. The number of halogens is 1. The first kappa shape index (κ1) is 23.4. The number of nitrogens with zero attached hydrogens (tertiary/aromatic N) is 7. The van der Waals surface area contributed by atoms with Crippen molar-refractivity contribution in [3.05, 3.63) is 77.2 Å². The molecule has 2 unspecified atom stereocenters. The molecule has 6 rings (SSSR count). The Balaban J connectivity index is 1.27. The first-order valence-corrected chi connectivity index (χ1v) is 12.3. The van der Waals surface area contributed by atoms with Gasteiger partial charge in [0.1, 0.15) is 0 Å². The van der Waals surface area contributed by atoms with Crippen LogP contribution in [-0.2, 0) is 16.0 Å². The number of rotatable bonds is 7. The lowest BCUT2D eigenvalue weighted by Crippen LogP contribution is -2.25. The summed E-state index contributed by atoms with van der Waals surface area (Å²) in [5.74, 6) is -0.0709. The molecule has 1 aliphatic rings. The average molecular weight is 504 g/mol. The van der Waals surface area contributed by atoms with E-state index in [4.69, 9.17) is 9.47 Å². The molecular formula is C26H26FN7O3. The second kappa shape index (κ2) is 9.83. The first-order chi connectivity index (χ1) is 18.1. The molecule has 6 heterocycles. The monoisotopic (exact) mass is 503 g/mol. The quantitative estimate of drug-likeness (QED) is 0.335. The van der Waals surface area contributed by atoms with Gasteiger partial charge in [0, 0.05) is 42.5 Å². The smallest absolute Gasteiger partial charge is 0.260 e. The van der Waals surface area contributed by atoms with Gasteiger partial charge in [-0.1, -0.05) is 0 Å². The van der Waals surface area contributed by atoms with Crippen LogP contribution in [0.4, 0.5) is 4.39 Å². The van der Waals surface area contributed by atoms with Crippen molar-refractivity contribution in [1.82, 2.24) is 33.9 Å². The van der Waals surface area contributed by atoms with Gasteiger partial charge in [-0.15, -0.1) is 10.2 Å². The third kappa shape index (κ3) is 4.51. The Morgan fingerprint density at radius 1 is 1.22 bits per heavy atom. The van der Waals surface area contributed by atoms with Gasteiger partial charge < -0.3 is 14.0 Å². The van der Waals surface area contributed by atoms with Crippen LogP contribution < -0.4 is 5.56 Å². The Labute approximate surface area is 211 Å². The standard InChI is InChI=1S/C26H26FN7O3/c1-17(33-9-7-22-20(26(33)35)5-4-8-28-22)24-30-31-25-21(27)13-18(16-34(24)25)19-14-29-32(15-19)10-12-37-23-6-2-3-11-36-23/h4-5,7-9,13-17,23H,2-3,6,10-12H2,1H3. The van der Waals surface area contributed by atoms with Crippen molar-refractivity contribution in [2.45, 2.75) is 45.1 Å². The van der Waals surface area contributed by atoms with Crippen molar-refractivity contribution in [1.29, 1.82) is 0 Å². The number of hydrogen-bond donors (Lipinski definition) is 0. The Hall–Kier alpha value is -3.96. The molecule has 0 radical (unpaired) electrons. The summed E-state index contributed by atoms with van der Waals surface area (Å²) in [6.07, 6.45) is 11.6. The zero-order valence-corrected chi connectivity index (χ0v) is 20.3. The van der Waals surface area contributed by atoms with E-state index >= 15 is 4.39 Å². The molecule has 10 nitrogen and oxygen atoms in total. The molecule has 0 spiro atoms. The van der Waals surface area contributed by atoms with Gasteiger partial charge >= 0.3 is 0 Å². The van der Waals surface area contributed by atoms with Crippen molar-refractivity contribution in [2.24, 2.45) is 0 Å². The average Bonchev–Trinajstić information content (AvgIpc) is 3.57. The van der Waals surface area contributed by atoms with Crippen molar-refractivity contribution in [2.75, 3.05) is 13.2 Å². The van der Waals surface area contributed by atoms with Crippen molar-refractivity contribution < 1.29 is 13.9 Å². The van der Waals surface area contributed by atoms with Gasteiger partial charge in [0.2, 0.25) is 0 Å². The summed E-state index contributed by atoms with van der Waals surface area (Å²) in [5.41, 5.74) is 1.87. The predicted molar refractivity (Wildman–Crippen MR) is 134 cm³/mol. The van der Waals surface area contributed by atoms with Crippen molar-refractivity contribution in [3.8, 4) is 11.1 Å². The summed E-state index contributed by atoms with van der Waals surface area (Å²) < 4.78 is 31.4. The largest absolute Gasteiger partial charge is 0.353 e. The summed E-state index contributed by atoms with van der Waals surface area (Å²) in [7, 11) is 0. The van der Waals surface area contributed by atoms with Crippen LogP contribution in [0.15, 0.2) is 60.0 Å². The van der Waals surface area contributed by atoms with Gasteiger partial charge in [0.25, 0.3) is 5.56 Å². The van der Waals surface area contributed by atoms with Gasteiger partial charge in [-0.3, -0.25) is 18.9 Å². The minimum absolute atomic E-state index is 0.0920. The molecule has 2 atom stereocenters. The number of ether oxygens (including phenoxy) is 2. The van der Waals surface area contributed by atoms with Crippen molar-refractivity contribution in [3.63, 3.8) is 0 Å². The number of pyridine rings is 3. The molecule has 0 N–H and O–H groups in total. The van der Waals surface area contributed by atoms with Gasteiger partial charge in [-0.25, -0.2) is 4.39 Å². The molecule has 0 aromatic carbocycles. The third-order valence-corrected chi connectivity index (χ3v) is 6.70. The van der Waals surface area contributed by atoms with Crippen LogP contribution in [-0.4, -0.2) is 53.4 Å². The van der Waals surface area contributed by atoms with Gasteiger partial charge in [-0.2, -0.15) is 5.10 Å². The second-order valence-electron chi connectivity index (χ2n) is 9.13. The number of fused-ring (bicyclic) bond motifs is 2. The Bertz CT molecular complexity index is 1620. The molecule has 1 fully saturated rings. The van der Waals surface area contributed by atoms with Crippen LogP contribution in [0.3, 0.4) is 0 Å². The molecule has 5 aromatic rings. The van der Waals surface area contributed by atoms with E-state index in [1.165, 1.54) is 6.07 Å². The summed E-state index contributed by atoms with van der Waals surface area (Å²) in [5, 5.41) is 13.2. The summed E-state index contributed by atoms with van der Waals surface area (Å²) in [4.78, 5) is 17.3. The lowest BCUT2D eigenvalue weighted by molar-refractivity contribution is -0.163. The van der Waals surface area contributed by atoms with Gasteiger partial charge in [0.15, 0.2) is 23.6 Å². The number of aromatic nitrogens is 7. The fourth-order valence-corrected chi connectivity index (χ4v) is 4.69. The zero-order chi connectivity index (χ0) is 25.4. The highest BCUT2D eigenvalue weighted by Crippen LogP contribution is 2.25. The molecule has 0 saturated carbocycles. The molecular weight excluding hydrogens is 477 g/mol. The molecule has 37 heavy (non-hydrogen) atoms. The van der Waals surface area contributed by atoms with E-state index in [2.05, 4.69) is 20.3 Å². The molecule has 5 aromatic heterocycles. The molecule has 1 saturated heterocycles. The van der Waals surface area contributed by atoms with E-state index in [0.29, 0.717) is 35.4 Å². The number of hydrogen-bond acceptors (Lipinski definition) is 7. The maximum Gasteiger partial charge on any atom is 0.260 e. The topological polar surface area (TPSA) is 101 Å². The van der Waals surface area contributed by atoms with Crippen molar-refractivity contribution >= 4 is 16.6 Å². The predicted octanol–water partition coefficient (Wildman–Crippen LogP) is 3.59. The normalized spacial score (nSPS) is 17.0. The molecule has 190 valence electrons. The molecule has 1 aliphatic heterocycles. The minimum atomic E-state index is -0.510. The van der Waals surface area contributed by atoms with Gasteiger partial charge in [0.05, 0.1) is 36.3 Å². The highest BCUT2D eigenvalue weighted by atomic mass is 19.1. The zero-order valence-electron chi connectivity index (χ0n) is 20.3. The summed E-state index contributed by atoms with van der Waals surface area (Å²) in [6, 6.07) is 6.16. The first-order valence-electron chi connectivity index (χ1n) is 12.3. The Morgan fingerprint density at radius 2 is 2.14 bits per heavy atom. The molecule has 0 bridgehead atoms. The van der Waals surface area contributed by atoms with E-state index in [1.54, 1.807) is 56.6 Å². The van der Waals surface area contributed by atoms with Crippen LogP contribution in [0.1, 0.15) is 38.1 Å². The van der Waals surface area contributed by atoms with Crippen LogP contribution in [0.2, 0.25) is 0 Å². The van der Waals surface area contributed by atoms with Gasteiger partial charge in [-0.05, 0) is 50.5 Å². The fraction of sp³-hybridized carbons (Fsp3) is 0.346. The lowest BCUT2D eigenvalue weighted by Gasteiger charge is -2.22. The maximum absolute atomic E-state index is 15.1. The van der Waals surface area contributed by atoms with E-state index in [-0.39, 0.29) is 17.5 Å². The third-order valence-electron chi connectivity index (χ3n) is 6.70. The van der Waals surface area contributed by atoms with E-state index in [0.717, 1.165) is 31.4 Å².